The third kappa shape index (κ3) is 2.40. The number of rotatable bonds is 2. The zero-order valence-electron chi connectivity index (χ0n) is 16.8. The lowest BCUT2D eigenvalue weighted by Gasteiger charge is -2.58. The molecule has 4 aliphatic rings. The summed E-state index contributed by atoms with van der Waals surface area (Å²) in [6, 6.07) is 0. The van der Waals surface area contributed by atoms with Crippen LogP contribution in [-0.2, 0) is 9.59 Å². The fourth-order valence-electron chi connectivity index (χ4n) is 6.97. The quantitative estimate of drug-likeness (QED) is 0.823. The molecule has 26 heavy (non-hydrogen) atoms. The average molecular weight is 359 g/mol. The smallest absolute Gasteiger partial charge is 0.225 e. The number of carbonyl (C=O) groups is 2. The van der Waals surface area contributed by atoms with E-state index in [1.165, 1.54) is 18.5 Å². The number of fused-ring (bicyclic) bond motifs is 5. The van der Waals surface area contributed by atoms with Gasteiger partial charge in [-0.1, -0.05) is 13.8 Å². The molecule has 1 aliphatic heterocycles. The van der Waals surface area contributed by atoms with Gasteiger partial charge in [-0.25, -0.2) is 0 Å². The Morgan fingerprint density at radius 2 is 2.00 bits per heavy atom. The lowest BCUT2D eigenvalue weighted by molar-refractivity contribution is -0.141. The van der Waals surface area contributed by atoms with Crippen molar-refractivity contribution in [2.24, 2.45) is 34.5 Å². The molecule has 2 saturated carbocycles. The van der Waals surface area contributed by atoms with E-state index in [2.05, 4.69) is 26.1 Å². The van der Waals surface area contributed by atoms with Crippen molar-refractivity contribution in [3.05, 3.63) is 11.8 Å². The van der Waals surface area contributed by atoms with Gasteiger partial charge >= 0.3 is 0 Å². The molecule has 6 atom stereocenters. The van der Waals surface area contributed by atoms with Crippen molar-refractivity contribution in [2.45, 2.75) is 59.3 Å². The number of amides is 1. The van der Waals surface area contributed by atoms with Crippen LogP contribution in [0.5, 0.6) is 0 Å². The number of piperidine rings is 1. The molecule has 1 heterocycles. The lowest BCUT2D eigenvalue weighted by Crippen LogP contribution is -2.57. The summed E-state index contributed by atoms with van der Waals surface area (Å²) in [6.07, 6.45) is 8.13. The third-order valence-corrected chi connectivity index (χ3v) is 8.74. The zero-order valence-corrected chi connectivity index (χ0v) is 16.8. The van der Waals surface area contributed by atoms with Crippen molar-refractivity contribution in [1.82, 2.24) is 10.2 Å². The molecule has 144 valence electrons. The maximum atomic E-state index is 13.0. The Morgan fingerprint density at radius 3 is 2.73 bits per heavy atom. The monoisotopic (exact) mass is 358 g/mol. The van der Waals surface area contributed by atoms with Crippen LogP contribution in [0.2, 0.25) is 0 Å². The van der Waals surface area contributed by atoms with Crippen LogP contribution in [0.4, 0.5) is 0 Å². The van der Waals surface area contributed by atoms with Crippen molar-refractivity contribution < 1.29 is 9.59 Å². The first-order valence-corrected chi connectivity index (χ1v) is 10.5. The Balaban J connectivity index is 1.61. The number of hydrogen-bond donors (Lipinski definition) is 1. The van der Waals surface area contributed by atoms with Crippen LogP contribution in [0.3, 0.4) is 0 Å². The first-order chi connectivity index (χ1) is 12.3. The highest BCUT2D eigenvalue weighted by molar-refractivity contribution is 5.91. The Bertz CT molecular complexity index is 657. The highest BCUT2D eigenvalue weighted by Crippen LogP contribution is 2.64. The molecule has 0 radical (unpaired) electrons. The second-order valence-electron chi connectivity index (χ2n) is 9.73. The van der Waals surface area contributed by atoms with E-state index in [4.69, 9.17) is 0 Å². The average Bonchev–Trinajstić information content (AvgIpc) is 2.98. The molecule has 1 amide bonds. The molecule has 0 aromatic heterocycles. The van der Waals surface area contributed by atoms with Crippen molar-refractivity contribution >= 4 is 11.7 Å². The van der Waals surface area contributed by atoms with Gasteiger partial charge in [0.25, 0.3) is 0 Å². The number of allylic oxidation sites excluding steroid dienone is 2. The number of hydrogen-bond acceptors (Lipinski definition) is 3. The first-order valence-electron chi connectivity index (χ1n) is 10.5. The molecule has 4 rings (SSSR count). The molecule has 1 N–H and O–H groups in total. The molecule has 3 fully saturated rings. The second-order valence-corrected chi connectivity index (χ2v) is 9.73. The van der Waals surface area contributed by atoms with Crippen LogP contribution >= 0.6 is 0 Å². The van der Waals surface area contributed by atoms with Crippen molar-refractivity contribution in [3.63, 3.8) is 0 Å². The van der Waals surface area contributed by atoms with E-state index in [9.17, 15) is 9.59 Å². The fourth-order valence-corrected chi connectivity index (χ4v) is 6.97. The molecular weight excluding hydrogens is 324 g/mol. The van der Waals surface area contributed by atoms with E-state index in [1.54, 1.807) is 0 Å². The van der Waals surface area contributed by atoms with E-state index in [0.717, 1.165) is 32.4 Å². The van der Waals surface area contributed by atoms with Crippen molar-refractivity contribution in [2.75, 3.05) is 20.1 Å². The van der Waals surface area contributed by atoms with Gasteiger partial charge in [0.05, 0.1) is 0 Å². The van der Waals surface area contributed by atoms with E-state index in [-0.39, 0.29) is 22.5 Å². The molecule has 4 nitrogen and oxygen atoms in total. The van der Waals surface area contributed by atoms with Gasteiger partial charge in [-0.2, -0.15) is 0 Å². The molecule has 0 spiro atoms. The first kappa shape index (κ1) is 18.1. The fraction of sp³-hybridized carbons (Fsp3) is 0.818. The number of nitrogens with one attached hydrogen (secondary N) is 1. The van der Waals surface area contributed by atoms with Crippen LogP contribution in [0.15, 0.2) is 11.8 Å². The zero-order chi connectivity index (χ0) is 18.7. The summed E-state index contributed by atoms with van der Waals surface area (Å²) in [6.45, 7) is 8.60. The summed E-state index contributed by atoms with van der Waals surface area (Å²) in [5.41, 5.74) is 1.46. The maximum Gasteiger partial charge on any atom is 0.225 e. The molecule has 3 unspecified atom stereocenters. The van der Waals surface area contributed by atoms with Gasteiger partial charge in [0.2, 0.25) is 5.91 Å². The summed E-state index contributed by atoms with van der Waals surface area (Å²) in [5, 5.41) is 3.64. The topological polar surface area (TPSA) is 49.4 Å². The summed E-state index contributed by atoms with van der Waals surface area (Å²) in [4.78, 5) is 26.8. The minimum Gasteiger partial charge on any atom is -0.387 e. The normalized spacial score (nSPS) is 44.3. The summed E-state index contributed by atoms with van der Waals surface area (Å²) < 4.78 is 0. The molecule has 0 bridgehead atoms. The van der Waals surface area contributed by atoms with Gasteiger partial charge < -0.3 is 10.2 Å². The Morgan fingerprint density at radius 1 is 1.23 bits per heavy atom. The second kappa shape index (κ2) is 6.10. The maximum absolute atomic E-state index is 13.0. The molecule has 0 aromatic rings. The van der Waals surface area contributed by atoms with Gasteiger partial charge in [0, 0.05) is 49.7 Å². The summed E-state index contributed by atoms with van der Waals surface area (Å²) in [5.74, 6) is 2.74. The summed E-state index contributed by atoms with van der Waals surface area (Å²) in [7, 11) is 1.95. The van der Waals surface area contributed by atoms with Crippen LogP contribution in [0.25, 0.3) is 0 Å². The van der Waals surface area contributed by atoms with Crippen LogP contribution < -0.4 is 5.32 Å². The van der Waals surface area contributed by atoms with E-state index < -0.39 is 0 Å². The highest BCUT2D eigenvalue weighted by atomic mass is 16.2. The number of carbonyl (C=O) groups excluding carboxylic acids is 2. The van der Waals surface area contributed by atoms with E-state index >= 15 is 0 Å². The lowest BCUT2D eigenvalue weighted by atomic mass is 9.50. The minimum absolute atomic E-state index is 0.125. The van der Waals surface area contributed by atoms with Gasteiger partial charge in [-0.05, 0) is 62.2 Å². The SMILES string of the molecule is CCN(C)C(=O)[C@H]1CCC2C3CNC4=CC(=O)CC[C@]4(C)C3CC[C@@]21C. The predicted octanol–water partition coefficient (Wildman–Crippen LogP) is 3.38. The molecule has 3 aliphatic carbocycles. The van der Waals surface area contributed by atoms with Gasteiger partial charge in [-0.3, -0.25) is 9.59 Å². The van der Waals surface area contributed by atoms with Gasteiger partial charge in [-0.15, -0.1) is 0 Å². The van der Waals surface area contributed by atoms with Crippen molar-refractivity contribution in [3.8, 4) is 0 Å². The Kier molecular flexibility index (Phi) is 4.24. The Labute approximate surface area is 157 Å². The molecule has 4 heteroatoms. The predicted molar refractivity (Wildman–Crippen MR) is 102 cm³/mol. The Hall–Kier alpha value is -1.32. The standard InChI is InChI=1S/C22H34N2O2/c1-5-24(4)20(26)18-7-6-16-15-13-23-19-12-14(25)8-10-22(19,3)17(15)9-11-21(16,18)2/h12,15-18,23H,5-11,13H2,1-4H3/t15?,16?,17?,18-,21+,22-/m1/s1. The molecular formula is C22H34N2O2. The molecule has 0 aromatic carbocycles. The van der Waals surface area contributed by atoms with Crippen LogP contribution in [0, 0.1) is 34.5 Å². The third-order valence-electron chi connectivity index (χ3n) is 8.74. The van der Waals surface area contributed by atoms with Gasteiger partial charge in [0.15, 0.2) is 5.78 Å². The summed E-state index contributed by atoms with van der Waals surface area (Å²) >= 11 is 0. The highest BCUT2D eigenvalue weighted by Gasteiger charge is 2.60. The van der Waals surface area contributed by atoms with Gasteiger partial charge in [0.1, 0.15) is 0 Å². The minimum atomic E-state index is 0.125. The van der Waals surface area contributed by atoms with E-state index in [0.29, 0.717) is 30.1 Å². The van der Waals surface area contributed by atoms with E-state index in [1.807, 2.05) is 18.0 Å². The number of ketones is 1. The van der Waals surface area contributed by atoms with Crippen LogP contribution in [0.1, 0.15) is 59.3 Å². The molecule has 1 saturated heterocycles. The van der Waals surface area contributed by atoms with Crippen LogP contribution in [-0.4, -0.2) is 36.7 Å². The largest absolute Gasteiger partial charge is 0.387 e. The number of nitrogens with zero attached hydrogens (tertiary/aromatic N) is 1. The van der Waals surface area contributed by atoms with Crippen molar-refractivity contribution in [1.29, 1.82) is 0 Å².